The first kappa shape index (κ1) is 25.9. The van der Waals surface area contributed by atoms with Gasteiger partial charge in [0.15, 0.2) is 5.78 Å². The highest BCUT2D eigenvalue weighted by atomic mass is 31.2. The summed E-state index contributed by atoms with van der Waals surface area (Å²) in [6.07, 6.45) is 0.811. The summed E-state index contributed by atoms with van der Waals surface area (Å²) in [5.41, 5.74) is -0.304. The van der Waals surface area contributed by atoms with E-state index in [-0.39, 0.29) is 36.6 Å². The molecule has 0 aromatic heterocycles. The molecule has 1 aliphatic carbocycles. The van der Waals surface area contributed by atoms with Gasteiger partial charge in [0, 0.05) is 12.0 Å². The Morgan fingerprint density at radius 3 is 1.69 bits per heavy atom. The van der Waals surface area contributed by atoms with Gasteiger partial charge in [-0.1, -0.05) is 68.4 Å². The van der Waals surface area contributed by atoms with Gasteiger partial charge in [-0.2, -0.15) is 0 Å². The summed E-state index contributed by atoms with van der Waals surface area (Å²) in [7, 11) is -2.46. The third-order valence-corrected chi connectivity index (χ3v) is 11.3. The van der Waals surface area contributed by atoms with Gasteiger partial charge < -0.3 is 9.84 Å². The van der Waals surface area contributed by atoms with E-state index in [1.54, 1.807) is 6.92 Å². The Morgan fingerprint density at radius 1 is 0.861 bits per heavy atom. The van der Waals surface area contributed by atoms with E-state index in [4.69, 9.17) is 4.74 Å². The lowest BCUT2D eigenvalue weighted by Gasteiger charge is -2.38. The summed E-state index contributed by atoms with van der Waals surface area (Å²) in [4.78, 5) is 26.9. The standard InChI is InChI=1S/C31H33O4P/c1-4-35-30(34)26(29-27(32)20-31(2,3)21-28(29)33)22-36(23-14-8-5-9-15-23,24-16-10-6-11-17-24)25-18-12-7-13-19-25/h5-19,26H,4,20-22H2,1-3H3. The zero-order valence-electron chi connectivity index (χ0n) is 21.1. The summed E-state index contributed by atoms with van der Waals surface area (Å²) in [6.45, 7) is 5.79. The summed E-state index contributed by atoms with van der Waals surface area (Å²) in [5, 5.41) is 16.7. The van der Waals surface area contributed by atoms with Crippen molar-refractivity contribution in [3.63, 3.8) is 0 Å². The Labute approximate surface area is 214 Å². The largest absolute Gasteiger partial charge is 0.875 e. The number of hydrogen-bond donors (Lipinski definition) is 0. The maximum Gasteiger partial charge on any atom is 0.317 e. The first-order valence-electron chi connectivity index (χ1n) is 12.4. The molecule has 1 aliphatic rings. The molecule has 0 saturated heterocycles. The Kier molecular flexibility index (Phi) is 7.76. The van der Waals surface area contributed by atoms with E-state index in [9.17, 15) is 14.7 Å². The molecular weight excluding hydrogens is 467 g/mol. The molecule has 186 valence electrons. The summed E-state index contributed by atoms with van der Waals surface area (Å²) in [6, 6.07) is 30.5. The van der Waals surface area contributed by atoms with Gasteiger partial charge in [0.25, 0.3) is 0 Å². The number of hydrogen-bond acceptors (Lipinski definition) is 4. The molecule has 3 aromatic carbocycles. The third-order valence-electron chi connectivity index (χ3n) is 6.85. The van der Waals surface area contributed by atoms with E-state index < -0.39 is 24.6 Å². The summed E-state index contributed by atoms with van der Waals surface area (Å²) < 4.78 is 5.51. The van der Waals surface area contributed by atoms with Crippen LogP contribution in [0.1, 0.15) is 33.6 Å². The SMILES string of the molecule is CCOC(=O)C(C[P+](c1ccccc1)(c1ccccc1)c1ccccc1)C1=C([O-])CC(C)(C)CC1=O. The third kappa shape index (κ3) is 5.15. The van der Waals surface area contributed by atoms with E-state index in [2.05, 4.69) is 36.4 Å². The average molecular weight is 501 g/mol. The Morgan fingerprint density at radius 2 is 1.31 bits per heavy atom. The van der Waals surface area contributed by atoms with Crippen molar-refractivity contribution in [1.82, 2.24) is 0 Å². The normalized spacial score (nSPS) is 16.5. The highest BCUT2D eigenvalue weighted by Crippen LogP contribution is 2.58. The second-order valence-corrected chi connectivity index (χ2v) is 13.6. The molecule has 0 radical (unpaired) electrons. The summed E-state index contributed by atoms with van der Waals surface area (Å²) in [5.74, 6) is -1.90. The van der Waals surface area contributed by atoms with Crippen LogP contribution in [0.5, 0.6) is 0 Å². The van der Waals surface area contributed by atoms with Gasteiger partial charge in [-0.15, -0.1) is 5.76 Å². The zero-order valence-corrected chi connectivity index (χ0v) is 22.0. The molecular formula is C31H33O4P. The van der Waals surface area contributed by atoms with Crippen LogP contribution in [-0.2, 0) is 14.3 Å². The van der Waals surface area contributed by atoms with Crippen molar-refractivity contribution in [3.05, 3.63) is 102 Å². The van der Waals surface area contributed by atoms with Gasteiger partial charge in [-0.05, 0) is 55.2 Å². The van der Waals surface area contributed by atoms with Gasteiger partial charge in [0.1, 0.15) is 29.1 Å². The minimum Gasteiger partial charge on any atom is -0.875 e. The number of esters is 1. The average Bonchev–Trinajstić information content (AvgIpc) is 2.87. The maximum atomic E-state index is 13.5. The Hall–Kier alpha value is -3.23. The van der Waals surface area contributed by atoms with Gasteiger partial charge in [0.2, 0.25) is 0 Å². The van der Waals surface area contributed by atoms with E-state index in [0.29, 0.717) is 6.16 Å². The number of carbonyl (C=O) groups excluding carboxylic acids is 2. The molecule has 4 nitrogen and oxygen atoms in total. The maximum absolute atomic E-state index is 13.5. The minimum absolute atomic E-state index is 0.111. The van der Waals surface area contributed by atoms with Crippen LogP contribution in [-0.4, -0.2) is 24.5 Å². The first-order valence-corrected chi connectivity index (χ1v) is 14.4. The monoisotopic (exact) mass is 500 g/mol. The number of rotatable bonds is 8. The molecule has 0 fully saturated rings. The van der Waals surface area contributed by atoms with Gasteiger partial charge >= 0.3 is 5.97 Å². The van der Waals surface area contributed by atoms with Crippen molar-refractivity contribution < 1.29 is 19.4 Å². The lowest BCUT2D eigenvalue weighted by atomic mass is 9.74. The van der Waals surface area contributed by atoms with Crippen LogP contribution in [0.15, 0.2) is 102 Å². The predicted octanol–water partition coefficient (Wildman–Crippen LogP) is 4.16. The second kappa shape index (κ2) is 10.8. The lowest BCUT2D eigenvalue weighted by molar-refractivity contribution is -0.313. The number of ketones is 1. The van der Waals surface area contributed by atoms with Crippen LogP contribution >= 0.6 is 7.26 Å². The van der Waals surface area contributed by atoms with E-state index >= 15 is 0 Å². The number of allylic oxidation sites excluding steroid dienone is 1. The minimum atomic E-state index is -2.46. The molecule has 1 atom stereocenters. The number of ether oxygens (including phenoxy) is 1. The molecule has 0 spiro atoms. The fourth-order valence-electron chi connectivity index (χ4n) is 5.28. The molecule has 4 rings (SSSR count). The molecule has 0 amide bonds. The van der Waals surface area contributed by atoms with Crippen molar-refractivity contribution in [1.29, 1.82) is 0 Å². The zero-order chi connectivity index (χ0) is 25.8. The highest BCUT2D eigenvalue weighted by Gasteiger charge is 2.51. The fraction of sp³-hybridized carbons (Fsp3) is 0.290. The van der Waals surface area contributed by atoms with E-state index in [1.165, 1.54) is 0 Å². The van der Waals surface area contributed by atoms with Crippen molar-refractivity contribution in [2.75, 3.05) is 12.8 Å². The number of Topliss-reactive ketones (excluding diaryl/α,β-unsaturated/α-hetero) is 1. The van der Waals surface area contributed by atoms with Gasteiger partial charge in [0.05, 0.1) is 12.8 Å². The summed E-state index contributed by atoms with van der Waals surface area (Å²) >= 11 is 0. The van der Waals surface area contributed by atoms with Crippen LogP contribution in [0.25, 0.3) is 0 Å². The van der Waals surface area contributed by atoms with Crippen molar-refractivity contribution >= 4 is 34.9 Å². The number of carbonyl (C=O) groups is 2. The molecule has 5 heteroatoms. The Balaban J connectivity index is 1.99. The first-order chi connectivity index (χ1) is 17.3. The molecule has 0 bridgehead atoms. The quantitative estimate of drug-likeness (QED) is 0.344. The van der Waals surface area contributed by atoms with Crippen LogP contribution in [0.4, 0.5) is 0 Å². The van der Waals surface area contributed by atoms with Crippen molar-refractivity contribution in [3.8, 4) is 0 Å². The molecule has 0 heterocycles. The van der Waals surface area contributed by atoms with Crippen molar-refractivity contribution in [2.45, 2.75) is 33.6 Å². The van der Waals surface area contributed by atoms with Gasteiger partial charge in [-0.25, -0.2) is 0 Å². The molecule has 1 unspecified atom stereocenters. The van der Waals surface area contributed by atoms with Crippen LogP contribution in [0.3, 0.4) is 0 Å². The van der Waals surface area contributed by atoms with Crippen LogP contribution in [0, 0.1) is 11.3 Å². The molecule has 3 aromatic rings. The predicted molar refractivity (Wildman–Crippen MR) is 145 cm³/mol. The van der Waals surface area contributed by atoms with Crippen molar-refractivity contribution in [2.24, 2.45) is 11.3 Å². The fourth-order valence-corrected chi connectivity index (χ4v) is 9.73. The van der Waals surface area contributed by atoms with Crippen LogP contribution in [0.2, 0.25) is 0 Å². The molecule has 0 N–H and O–H groups in total. The smallest absolute Gasteiger partial charge is 0.317 e. The molecule has 0 saturated carbocycles. The van der Waals surface area contributed by atoms with Crippen LogP contribution < -0.4 is 21.0 Å². The topological polar surface area (TPSA) is 66.4 Å². The second-order valence-electron chi connectivity index (χ2n) is 10.1. The van der Waals surface area contributed by atoms with Gasteiger partial charge in [-0.3, -0.25) is 9.59 Å². The molecule has 0 aliphatic heterocycles. The van der Waals surface area contributed by atoms with E-state index in [1.807, 2.05) is 68.4 Å². The number of benzene rings is 3. The lowest BCUT2D eigenvalue weighted by Crippen LogP contribution is -2.42. The Bertz CT molecular complexity index is 1140. The van der Waals surface area contributed by atoms with E-state index in [0.717, 1.165) is 15.9 Å². The molecule has 36 heavy (non-hydrogen) atoms. The highest BCUT2D eigenvalue weighted by molar-refractivity contribution is 7.95.